The third-order valence-corrected chi connectivity index (χ3v) is 4.35. The number of primary amides is 1. The van der Waals surface area contributed by atoms with Crippen LogP contribution in [0.15, 0.2) is 0 Å². The molecule has 0 heterocycles. The highest BCUT2D eigenvalue weighted by atomic mass is 16.2. The summed E-state index contributed by atoms with van der Waals surface area (Å²) in [7, 11) is 1.63. The molecule has 0 aliphatic carbocycles. The van der Waals surface area contributed by atoms with E-state index in [0.29, 0.717) is 5.92 Å². The van der Waals surface area contributed by atoms with E-state index in [0.717, 1.165) is 0 Å². The quantitative estimate of drug-likeness (QED) is 0.404. The number of nitrogens with one attached hydrogen (secondary N) is 3. The number of rotatable bonds is 11. The van der Waals surface area contributed by atoms with Gasteiger partial charge in [0.1, 0.15) is 6.04 Å². The van der Waals surface area contributed by atoms with Crippen molar-refractivity contribution in [3.05, 3.63) is 0 Å². The number of likely N-dealkylation sites (N-methyl/N-ethyl adjacent to an activating group) is 1. The number of Topliss-reactive ketones (excluding diaryl/α,β-unsaturated/α-hetero) is 1. The summed E-state index contributed by atoms with van der Waals surface area (Å²) >= 11 is 0. The van der Waals surface area contributed by atoms with Crippen LogP contribution < -0.4 is 21.7 Å². The van der Waals surface area contributed by atoms with E-state index in [1.807, 2.05) is 20.8 Å². The van der Waals surface area contributed by atoms with Gasteiger partial charge in [-0.15, -0.1) is 0 Å². The van der Waals surface area contributed by atoms with E-state index in [2.05, 4.69) is 16.0 Å². The van der Waals surface area contributed by atoms with E-state index < -0.39 is 29.9 Å². The summed E-state index contributed by atoms with van der Waals surface area (Å²) in [5.74, 6) is -1.36. The maximum atomic E-state index is 12.4. The molecule has 0 aromatic heterocycles. The molecule has 5 N–H and O–H groups in total. The lowest BCUT2D eigenvalue weighted by atomic mass is 9.90. The van der Waals surface area contributed by atoms with E-state index >= 15 is 0 Å². The molecule has 8 nitrogen and oxygen atoms in total. The summed E-state index contributed by atoms with van der Waals surface area (Å²) in [6, 6.07) is -2.27. The fourth-order valence-electron chi connectivity index (χ4n) is 1.97. The van der Waals surface area contributed by atoms with E-state index in [1.165, 1.54) is 6.92 Å². The molecule has 1 unspecified atom stereocenters. The predicted octanol–water partition coefficient (Wildman–Crippen LogP) is -0.289. The molecule has 0 aliphatic heterocycles. The zero-order valence-corrected chi connectivity index (χ0v) is 16.0. The maximum Gasteiger partial charge on any atom is 0.242 e. The van der Waals surface area contributed by atoms with Crippen LogP contribution in [0.2, 0.25) is 0 Å². The van der Waals surface area contributed by atoms with Crippen molar-refractivity contribution in [3.8, 4) is 0 Å². The van der Waals surface area contributed by atoms with Crippen LogP contribution >= 0.6 is 0 Å². The van der Waals surface area contributed by atoms with Crippen molar-refractivity contribution in [1.29, 1.82) is 0 Å². The molecule has 0 rings (SSSR count). The van der Waals surface area contributed by atoms with Gasteiger partial charge in [-0.05, 0) is 32.7 Å². The van der Waals surface area contributed by atoms with Crippen LogP contribution in [0.25, 0.3) is 0 Å². The second kappa shape index (κ2) is 10.8. The summed E-state index contributed by atoms with van der Waals surface area (Å²) < 4.78 is 0. The van der Waals surface area contributed by atoms with E-state index in [1.54, 1.807) is 14.0 Å². The van der Waals surface area contributed by atoms with Crippen molar-refractivity contribution >= 4 is 23.5 Å². The predicted molar refractivity (Wildman–Crippen MR) is 95.5 cm³/mol. The largest absolute Gasteiger partial charge is 0.370 e. The van der Waals surface area contributed by atoms with Crippen molar-refractivity contribution in [2.75, 3.05) is 7.05 Å². The summed E-state index contributed by atoms with van der Waals surface area (Å²) in [5, 5.41) is 7.84. The van der Waals surface area contributed by atoms with Gasteiger partial charge in [0.05, 0.1) is 18.5 Å². The zero-order valence-electron chi connectivity index (χ0n) is 16.0. The van der Waals surface area contributed by atoms with Crippen molar-refractivity contribution < 1.29 is 19.2 Å². The van der Waals surface area contributed by atoms with Gasteiger partial charge >= 0.3 is 0 Å². The van der Waals surface area contributed by atoms with Gasteiger partial charge in [-0.25, -0.2) is 0 Å². The molecule has 0 radical (unpaired) electrons. The average Bonchev–Trinajstić information content (AvgIpc) is 2.52. The van der Waals surface area contributed by atoms with Crippen LogP contribution in [-0.2, 0) is 19.2 Å². The van der Waals surface area contributed by atoms with E-state index in [4.69, 9.17) is 5.73 Å². The van der Waals surface area contributed by atoms with Gasteiger partial charge in [0, 0.05) is 6.42 Å². The minimum atomic E-state index is -0.979. The molecule has 8 heteroatoms. The molecule has 0 aliphatic rings. The molecule has 0 aromatic rings. The molecule has 0 saturated carbocycles. The Morgan fingerprint density at radius 3 is 1.80 bits per heavy atom. The van der Waals surface area contributed by atoms with Crippen LogP contribution in [-0.4, -0.2) is 48.7 Å². The molecule has 0 spiro atoms. The molecular weight excluding hydrogens is 324 g/mol. The lowest BCUT2D eigenvalue weighted by molar-refractivity contribution is -0.133. The van der Waals surface area contributed by atoms with Crippen LogP contribution in [0.4, 0.5) is 0 Å². The number of ketones is 1. The number of nitrogens with two attached hydrogens (primary N) is 1. The maximum absolute atomic E-state index is 12.4. The first kappa shape index (κ1) is 23.0. The Labute approximate surface area is 149 Å². The van der Waals surface area contributed by atoms with E-state index in [9.17, 15) is 19.2 Å². The third-order valence-electron chi connectivity index (χ3n) is 4.35. The smallest absolute Gasteiger partial charge is 0.242 e. The first-order valence-corrected chi connectivity index (χ1v) is 8.58. The zero-order chi connectivity index (χ0) is 19.7. The fourth-order valence-corrected chi connectivity index (χ4v) is 1.97. The summed E-state index contributed by atoms with van der Waals surface area (Å²) in [6.45, 7) is 9.11. The Kier molecular flexibility index (Phi) is 9.96. The molecule has 0 saturated heterocycles. The fraction of sp³-hybridized carbons (Fsp3) is 0.765. The molecule has 0 bridgehead atoms. The van der Waals surface area contributed by atoms with Crippen molar-refractivity contribution in [2.24, 2.45) is 17.6 Å². The van der Waals surface area contributed by atoms with Gasteiger partial charge in [0.25, 0.3) is 0 Å². The highest BCUT2D eigenvalue weighted by molar-refractivity contribution is 5.95. The second-order valence-electron chi connectivity index (χ2n) is 6.86. The Bertz CT molecular complexity index is 493. The highest BCUT2D eigenvalue weighted by Crippen LogP contribution is 2.16. The van der Waals surface area contributed by atoms with Crippen molar-refractivity contribution in [3.63, 3.8) is 0 Å². The SMILES string of the molecule is CN[C@@H](C)C(=O)N[C@@H](C)C(=O)N[C@@H](CC(N)=O)C(=O)CC(C)C(C)C. The third kappa shape index (κ3) is 8.62. The van der Waals surface area contributed by atoms with Crippen LogP contribution in [0.1, 0.15) is 47.5 Å². The van der Waals surface area contributed by atoms with Crippen LogP contribution in [0.3, 0.4) is 0 Å². The van der Waals surface area contributed by atoms with Crippen LogP contribution in [0.5, 0.6) is 0 Å². The van der Waals surface area contributed by atoms with Gasteiger partial charge in [0.2, 0.25) is 17.7 Å². The lowest BCUT2D eigenvalue weighted by Crippen LogP contribution is -2.53. The standard InChI is InChI=1S/C17H32N4O4/c1-9(2)10(3)7-14(22)13(8-15(18)23)21-17(25)12(5)20-16(24)11(4)19-6/h9-13,19H,7-8H2,1-6H3,(H2,18,23)(H,20,24)(H,21,25)/t10?,11-,12-,13-/m0/s1. The summed E-state index contributed by atoms with van der Waals surface area (Å²) in [4.78, 5) is 47.7. The molecule has 144 valence electrons. The first-order valence-electron chi connectivity index (χ1n) is 8.58. The highest BCUT2D eigenvalue weighted by Gasteiger charge is 2.27. The molecular formula is C17H32N4O4. The Balaban J connectivity index is 4.89. The first-order chi connectivity index (χ1) is 11.5. The monoisotopic (exact) mass is 356 g/mol. The molecule has 25 heavy (non-hydrogen) atoms. The number of amides is 3. The van der Waals surface area contributed by atoms with Crippen molar-refractivity contribution in [2.45, 2.75) is 65.6 Å². The number of carbonyl (C=O) groups is 4. The minimum Gasteiger partial charge on any atom is -0.370 e. The Morgan fingerprint density at radius 2 is 1.36 bits per heavy atom. The number of carbonyl (C=O) groups excluding carboxylic acids is 4. The van der Waals surface area contributed by atoms with Gasteiger partial charge in [0.15, 0.2) is 5.78 Å². The lowest BCUT2D eigenvalue weighted by Gasteiger charge is -2.23. The topological polar surface area (TPSA) is 130 Å². The normalized spacial score (nSPS) is 15.8. The summed E-state index contributed by atoms with van der Waals surface area (Å²) in [5.41, 5.74) is 5.19. The second-order valence-corrected chi connectivity index (χ2v) is 6.86. The van der Waals surface area contributed by atoms with Gasteiger partial charge in [-0.3, -0.25) is 19.2 Å². The van der Waals surface area contributed by atoms with Gasteiger partial charge < -0.3 is 21.7 Å². The van der Waals surface area contributed by atoms with Crippen LogP contribution in [0, 0.1) is 11.8 Å². The number of hydrogen-bond donors (Lipinski definition) is 4. The van der Waals surface area contributed by atoms with E-state index in [-0.39, 0.29) is 30.4 Å². The molecule has 0 fully saturated rings. The van der Waals surface area contributed by atoms with Gasteiger partial charge in [-0.2, -0.15) is 0 Å². The number of hydrogen-bond acceptors (Lipinski definition) is 5. The van der Waals surface area contributed by atoms with Crippen molar-refractivity contribution in [1.82, 2.24) is 16.0 Å². The average molecular weight is 356 g/mol. The molecule has 3 amide bonds. The molecule has 4 atom stereocenters. The Morgan fingerprint density at radius 1 is 0.840 bits per heavy atom. The summed E-state index contributed by atoms with van der Waals surface area (Å²) in [6.07, 6.45) is -0.0175. The minimum absolute atomic E-state index is 0.119. The Hall–Kier alpha value is -1.96. The molecule has 0 aromatic carbocycles. The van der Waals surface area contributed by atoms with Gasteiger partial charge in [-0.1, -0.05) is 20.8 Å².